The van der Waals surface area contributed by atoms with Gasteiger partial charge in [-0.3, -0.25) is 4.79 Å². The first kappa shape index (κ1) is 24.4. The highest BCUT2D eigenvalue weighted by atomic mass is 35.5. The van der Waals surface area contributed by atoms with Gasteiger partial charge in [-0.1, -0.05) is 23.2 Å². The molecule has 0 bridgehead atoms. The van der Waals surface area contributed by atoms with Gasteiger partial charge >= 0.3 is 12.1 Å². The zero-order valence-corrected chi connectivity index (χ0v) is 19.4. The van der Waals surface area contributed by atoms with Gasteiger partial charge in [0.1, 0.15) is 5.82 Å². The number of halogens is 5. The average molecular weight is 490 g/mol. The Hall–Kier alpha value is -2.26. The summed E-state index contributed by atoms with van der Waals surface area (Å²) >= 11 is 11.9. The van der Waals surface area contributed by atoms with Crippen LogP contribution in [0.3, 0.4) is 0 Å². The predicted octanol–water partition coefficient (Wildman–Crippen LogP) is 5.48. The van der Waals surface area contributed by atoms with Crippen LogP contribution >= 0.6 is 23.2 Å². The Bertz CT molecular complexity index is 978. The Balaban J connectivity index is 1.76. The van der Waals surface area contributed by atoms with Crippen LogP contribution in [-0.2, 0) is 4.79 Å². The molecule has 0 aliphatic heterocycles. The van der Waals surface area contributed by atoms with E-state index >= 15 is 0 Å². The molecular formula is C21H24Cl2F3N5O. The molecule has 2 aromatic rings. The van der Waals surface area contributed by atoms with Crippen molar-refractivity contribution < 1.29 is 18.0 Å². The Kier molecular flexibility index (Phi) is 7.39. The molecule has 11 heteroatoms. The number of anilines is 3. The third-order valence-electron chi connectivity index (χ3n) is 5.40. The van der Waals surface area contributed by atoms with Crippen LogP contribution in [0.2, 0.25) is 10.0 Å². The van der Waals surface area contributed by atoms with Crippen molar-refractivity contribution in [2.24, 2.45) is 0 Å². The van der Waals surface area contributed by atoms with E-state index in [0.717, 1.165) is 10.5 Å². The lowest BCUT2D eigenvalue weighted by atomic mass is 9.89. The number of rotatable bonds is 5. The van der Waals surface area contributed by atoms with Crippen LogP contribution in [0.25, 0.3) is 0 Å². The fourth-order valence-corrected chi connectivity index (χ4v) is 4.02. The van der Waals surface area contributed by atoms with Crippen LogP contribution in [0.15, 0.2) is 24.4 Å². The summed E-state index contributed by atoms with van der Waals surface area (Å²) in [5, 5.41) is 3.68. The molecule has 1 heterocycles. The van der Waals surface area contributed by atoms with Crippen LogP contribution < -0.4 is 15.1 Å². The molecule has 1 aromatic carbocycles. The van der Waals surface area contributed by atoms with Gasteiger partial charge in [0.2, 0.25) is 5.95 Å². The zero-order valence-electron chi connectivity index (χ0n) is 17.9. The largest absolute Gasteiger partial charge is 0.471 e. The van der Waals surface area contributed by atoms with Crippen molar-refractivity contribution >= 4 is 46.6 Å². The van der Waals surface area contributed by atoms with Crippen molar-refractivity contribution in [1.82, 2.24) is 9.97 Å². The van der Waals surface area contributed by atoms with E-state index in [1.54, 1.807) is 11.1 Å². The first-order valence-electron chi connectivity index (χ1n) is 10.1. The van der Waals surface area contributed by atoms with Gasteiger partial charge in [-0.15, -0.1) is 0 Å². The molecule has 0 atom stereocenters. The van der Waals surface area contributed by atoms with Crippen molar-refractivity contribution in [2.75, 3.05) is 29.2 Å². The quantitative estimate of drug-likeness (QED) is 0.602. The second-order valence-electron chi connectivity index (χ2n) is 8.02. The Morgan fingerprint density at radius 1 is 1.12 bits per heavy atom. The average Bonchev–Trinajstić information content (AvgIpc) is 2.72. The number of alkyl halides is 3. The summed E-state index contributed by atoms with van der Waals surface area (Å²) < 4.78 is 40.1. The molecule has 0 unspecified atom stereocenters. The molecule has 0 saturated heterocycles. The molecule has 3 rings (SSSR count). The maximum absolute atomic E-state index is 13.4. The summed E-state index contributed by atoms with van der Waals surface area (Å²) in [6.45, 7) is 1.89. The molecule has 1 saturated carbocycles. The van der Waals surface area contributed by atoms with E-state index in [1.165, 1.54) is 18.2 Å². The molecule has 0 radical (unpaired) electrons. The van der Waals surface area contributed by atoms with Crippen LogP contribution in [-0.4, -0.2) is 48.2 Å². The number of carbonyl (C=O) groups excluding carboxylic acids is 1. The number of aryl methyl sites for hydroxylation is 1. The molecule has 1 aromatic heterocycles. The molecule has 1 aliphatic rings. The summed E-state index contributed by atoms with van der Waals surface area (Å²) in [6.07, 6.45) is -1.33. The number of hydrogen-bond acceptors (Lipinski definition) is 5. The number of carbonyl (C=O) groups is 1. The molecule has 1 fully saturated rings. The van der Waals surface area contributed by atoms with Gasteiger partial charge in [0.25, 0.3) is 0 Å². The van der Waals surface area contributed by atoms with Gasteiger partial charge in [0, 0.05) is 43.6 Å². The Labute approximate surface area is 194 Å². The number of amides is 1. The maximum atomic E-state index is 13.4. The Morgan fingerprint density at radius 3 is 2.34 bits per heavy atom. The van der Waals surface area contributed by atoms with Crippen LogP contribution in [0.4, 0.5) is 30.6 Å². The summed E-state index contributed by atoms with van der Waals surface area (Å²) in [6, 6.07) is 3.48. The minimum atomic E-state index is -5.00. The van der Waals surface area contributed by atoms with Crippen molar-refractivity contribution in [3.63, 3.8) is 0 Å². The lowest BCUT2D eigenvalue weighted by Crippen LogP contribution is -2.49. The molecule has 0 spiro atoms. The minimum Gasteiger partial charge on any atom is -0.367 e. The molecule has 1 N–H and O–H groups in total. The smallest absolute Gasteiger partial charge is 0.367 e. The highest BCUT2D eigenvalue weighted by molar-refractivity contribution is 6.42. The standard InChI is InChI=1S/C21H24Cl2F3N5O/c1-12-11-27-20(30(2)3)29-18(12)28-13-4-6-14(7-5-13)31(19(32)21(24,25)26)15-8-9-16(22)17(23)10-15/h8-11,13-14H,4-7H2,1-3H3,(H,27,28,29). The monoisotopic (exact) mass is 489 g/mol. The molecule has 32 heavy (non-hydrogen) atoms. The highest BCUT2D eigenvalue weighted by Crippen LogP contribution is 2.35. The van der Waals surface area contributed by atoms with Gasteiger partial charge in [-0.25, -0.2) is 4.98 Å². The third-order valence-corrected chi connectivity index (χ3v) is 6.14. The van der Waals surface area contributed by atoms with E-state index in [-0.39, 0.29) is 21.8 Å². The molecule has 6 nitrogen and oxygen atoms in total. The van der Waals surface area contributed by atoms with Gasteiger partial charge in [-0.05, 0) is 50.8 Å². The summed E-state index contributed by atoms with van der Waals surface area (Å²) in [4.78, 5) is 23.6. The van der Waals surface area contributed by atoms with E-state index in [0.29, 0.717) is 37.4 Å². The Morgan fingerprint density at radius 2 is 1.78 bits per heavy atom. The number of nitrogens with zero attached hydrogens (tertiary/aromatic N) is 4. The topological polar surface area (TPSA) is 61.4 Å². The van der Waals surface area contributed by atoms with E-state index in [2.05, 4.69) is 15.3 Å². The summed E-state index contributed by atoms with van der Waals surface area (Å²) in [5.41, 5.74) is 0.961. The lowest BCUT2D eigenvalue weighted by Gasteiger charge is -2.37. The number of hydrogen-bond donors (Lipinski definition) is 1. The van der Waals surface area contributed by atoms with Crippen molar-refractivity contribution in [2.45, 2.75) is 50.9 Å². The third kappa shape index (κ3) is 5.56. The predicted molar refractivity (Wildman–Crippen MR) is 121 cm³/mol. The minimum absolute atomic E-state index is 0.0199. The van der Waals surface area contributed by atoms with Gasteiger partial charge < -0.3 is 15.1 Å². The second kappa shape index (κ2) is 9.70. The SMILES string of the molecule is Cc1cnc(N(C)C)nc1NC1CCC(N(C(=O)C(F)(F)F)c2ccc(Cl)c(Cl)c2)CC1. The molecular weight excluding hydrogens is 466 g/mol. The number of nitrogens with one attached hydrogen (secondary N) is 1. The van der Waals surface area contributed by atoms with Crippen LogP contribution in [0.5, 0.6) is 0 Å². The van der Waals surface area contributed by atoms with Gasteiger partial charge in [0.15, 0.2) is 0 Å². The number of aromatic nitrogens is 2. The van der Waals surface area contributed by atoms with Crippen LogP contribution in [0.1, 0.15) is 31.2 Å². The first-order valence-corrected chi connectivity index (χ1v) is 10.9. The normalized spacial score (nSPS) is 18.9. The fraction of sp³-hybridized carbons (Fsp3) is 0.476. The van der Waals surface area contributed by atoms with Gasteiger partial charge in [0.05, 0.1) is 10.0 Å². The zero-order chi connectivity index (χ0) is 23.6. The van der Waals surface area contributed by atoms with Crippen molar-refractivity contribution in [3.05, 3.63) is 40.0 Å². The fourth-order valence-electron chi connectivity index (χ4n) is 3.73. The lowest BCUT2D eigenvalue weighted by molar-refractivity contribution is -0.171. The van der Waals surface area contributed by atoms with Crippen molar-refractivity contribution in [3.8, 4) is 0 Å². The maximum Gasteiger partial charge on any atom is 0.471 e. The van der Waals surface area contributed by atoms with E-state index in [4.69, 9.17) is 23.2 Å². The van der Waals surface area contributed by atoms with Crippen LogP contribution in [0, 0.1) is 6.92 Å². The summed E-state index contributed by atoms with van der Waals surface area (Å²) in [5.74, 6) is -0.650. The number of benzene rings is 1. The highest BCUT2D eigenvalue weighted by Gasteiger charge is 2.46. The van der Waals surface area contributed by atoms with E-state index in [1.807, 2.05) is 21.0 Å². The van der Waals surface area contributed by atoms with Crippen molar-refractivity contribution in [1.29, 1.82) is 0 Å². The molecule has 1 aliphatic carbocycles. The van der Waals surface area contributed by atoms with E-state index in [9.17, 15) is 18.0 Å². The van der Waals surface area contributed by atoms with Gasteiger partial charge in [-0.2, -0.15) is 18.2 Å². The second-order valence-corrected chi connectivity index (χ2v) is 8.83. The first-order chi connectivity index (χ1) is 15.0. The van der Waals surface area contributed by atoms with E-state index < -0.39 is 18.1 Å². The molecule has 174 valence electrons. The molecule has 1 amide bonds. The summed E-state index contributed by atoms with van der Waals surface area (Å²) in [7, 11) is 3.68.